The molecular weight excluding hydrogens is 759 g/mol. The minimum atomic E-state index is -0.304. The Bertz CT molecular complexity index is 1090. The zero-order valence-corrected chi connectivity index (χ0v) is 39.8. The summed E-state index contributed by atoms with van der Waals surface area (Å²) in [5, 5.41) is 10.0. The fourth-order valence-electron chi connectivity index (χ4n) is 8.73. The molecule has 4 amide bonds. The van der Waals surface area contributed by atoms with Gasteiger partial charge < -0.3 is 16.0 Å². The van der Waals surface area contributed by atoms with Crippen molar-refractivity contribution in [2.75, 3.05) is 52.4 Å². The van der Waals surface area contributed by atoms with Crippen molar-refractivity contribution in [1.29, 1.82) is 0 Å². The normalized spacial score (nSPS) is 17.2. The summed E-state index contributed by atoms with van der Waals surface area (Å²) >= 11 is 0. The highest BCUT2D eigenvalue weighted by Gasteiger charge is 2.37. The van der Waals surface area contributed by atoms with Crippen LogP contribution in [-0.4, -0.2) is 85.8 Å². The van der Waals surface area contributed by atoms with Crippen molar-refractivity contribution >= 4 is 23.6 Å². The summed E-state index contributed by atoms with van der Waals surface area (Å²) in [6, 6.07) is 0. The van der Waals surface area contributed by atoms with Crippen molar-refractivity contribution < 1.29 is 19.2 Å². The molecule has 0 aliphatic carbocycles. The summed E-state index contributed by atoms with van der Waals surface area (Å²) in [5.41, 5.74) is 0. The van der Waals surface area contributed by atoms with Crippen LogP contribution in [0.25, 0.3) is 0 Å². The van der Waals surface area contributed by atoms with E-state index in [2.05, 4.69) is 41.9 Å². The maximum Gasteiger partial charge on any atom is 0.236 e. The van der Waals surface area contributed by atoms with Gasteiger partial charge in [0.15, 0.2) is 0 Å². The molecule has 0 radical (unpaired) electrons. The molecule has 0 aromatic carbocycles. The number of carbonyl (C=O) groups excluding carboxylic acids is 4. The fraction of sp³-hybridized carbons (Fsp3) is 0.846. The predicted octanol–water partition coefficient (Wildman–Crippen LogP) is 11.4. The number of likely N-dealkylation sites (tertiary alicyclic amines) is 2. The smallest absolute Gasteiger partial charge is 0.236 e. The van der Waals surface area contributed by atoms with Gasteiger partial charge in [0, 0.05) is 65.2 Å². The highest BCUT2D eigenvalue weighted by Crippen LogP contribution is 2.23. The molecule has 0 spiro atoms. The van der Waals surface area contributed by atoms with Gasteiger partial charge in [-0.2, -0.15) is 0 Å². The summed E-state index contributed by atoms with van der Waals surface area (Å²) in [5.74, 6) is -0.867. The summed E-state index contributed by atoms with van der Waals surface area (Å²) < 4.78 is 0. The lowest BCUT2D eigenvalue weighted by molar-refractivity contribution is -0.140. The minimum absolute atomic E-state index is 0.0621. The Kier molecular flexibility index (Phi) is 35.2. The van der Waals surface area contributed by atoms with Gasteiger partial charge in [0.25, 0.3) is 0 Å². The molecule has 2 rings (SSSR count). The Balaban J connectivity index is 1.37. The number of carbonyl (C=O) groups is 4. The van der Waals surface area contributed by atoms with E-state index in [0.29, 0.717) is 39.0 Å². The highest BCUT2D eigenvalue weighted by molar-refractivity contribution is 6.05. The monoisotopic (exact) mass is 854 g/mol. The third-order valence-electron chi connectivity index (χ3n) is 12.7. The van der Waals surface area contributed by atoms with Gasteiger partial charge >= 0.3 is 0 Å². The average molecular weight is 854 g/mol. The number of rotatable bonds is 44. The van der Waals surface area contributed by atoms with E-state index in [4.69, 9.17) is 0 Å². The van der Waals surface area contributed by atoms with Crippen LogP contribution in [0.5, 0.6) is 0 Å². The van der Waals surface area contributed by atoms with E-state index < -0.39 is 0 Å². The van der Waals surface area contributed by atoms with E-state index in [1.165, 1.54) is 177 Å². The molecule has 3 N–H and O–H groups in total. The van der Waals surface area contributed by atoms with Gasteiger partial charge in [0.2, 0.25) is 23.6 Å². The maximum atomic E-state index is 12.8. The second-order valence-corrected chi connectivity index (χ2v) is 18.3. The zero-order chi connectivity index (χ0) is 43.9. The first-order valence-corrected chi connectivity index (χ1v) is 26.1. The van der Waals surface area contributed by atoms with E-state index in [-0.39, 0.29) is 35.5 Å². The minimum Gasteiger partial charge on any atom is -0.314 e. The van der Waals surface area contributed by atoms with Crippen LogP contribution >= 0.6 is 0 Å². The van der Waals surface area contributed by atoms with Crippen molar-refractivity contribution in [3.8, 4) is 0 Å². The first-order valence-electron chi connectivity index (χ1n) is 26.1. The van der Waals surface area contributed by atoms with Crippen LogP contribution in [0.1, 0.15) is 219 Å². The molecule has 2 fully saturated rings. The van der Waals surface area contributed by atoms with Crippen LogP contribution in [0.4, 0.5) is 0 Å². The molecule has 352 valence electrons. The third kappa shape index (κ3) is 28.1. The number of imide groups is 2. The number of hydrogen-bond acceptors (Lipinski definition) is 7. The Morgan fingerprint density at radius 2 is 0.656 bits per heavy atom. The third-order valence-corrected chi connectivity index (χ3v) is 12.7. The van der Waals surface area contributed by atoms with Gasteiger partial charge in [-0.15, -0.1) is 0 Å². The van der Waals surface area contributed by atoms with Crippen LogP contribution in [0.2, 0.25) is 0 Å². The molecule has 2 saturated heterocycles. The number of amides is 4. The van der Waals surface area contributed by atoms with Crippen LogP contribution in [-0.2, 0) is 19.2 Å². The summed E-state index contributed by atoms with van der Waals surface area (Å²) in [6.07, 6.45) is 48.5. The second kappa shape index (κ2) is 39.2. The van der Waals surface area contributed by atoms with E-state index in [9.17, 15) is 19.2 Å². The lowest BCUT2D eigenvalue weighted by Crippen LogP contribution is -2.40. The fourth-order valence-corrected chi connectivity index (χ4v) is 8.73. The molecule has 2 atom stereocenters. The standard InChI is InChI=1S/C52H95N5O4/c1-3-5-7-9-11-13-15-17-19-21-23-25-27-29-31-33-35-47-45-49(58)56(51(47)60)43-41-54-39-37-53-38-40-55-42-44-57-50(59)46-48(52(57)61)36-34-32-30-28-26-24-22-20-18-16-14-12-10-8-6-4-2/h33-36,47-48,53-55H,3-32,37-46H2,1-2H3/b35-33+,36-34+. The van der Waals surface area contributed by atoms with Crippen molar-refractivity contribution in [2.45, 2.75) is 219 Å². The average Bonchev–Trinajstić information content (AvgIpc) is 3.69. The molecule has 9 nitrogen and oxygen atoms in total. The molecule has 0 aromatic rings. The Morgan fingerprint density at radius 3 is 0.951 bits per heavy atom. The van der Waals surface area contributed by atoms with Gasteiger partial charge in [-0.1, -0.05) is 205 Å². The number of unbranched alkanes of at least 4 members (excludes halogenated alkanes) is 28. The first kappa shape index (κ1) is 54.8. The van der Waals surface area contributed by atoms with E-state index >= 15 is 0 Å². The van der Waals surface area contributed by atoms with Crippen LogP contribution in [0, 0.1) is 11.8 Å². The molecule has 2 aliphatic heterocycles. The molecule has 0 aromatic heterocycles. The number of nitrogens with one attached hydrogen (secondary N) is 3. The van der Waals surface area contributed by atoms with Crippen molar-refractivity contribution in [3.05, 3.63) is 24.3 Å². The van der Waals surface area contributed by atoms with Crippen molar-refractivity contribution in [1.82, 2.24) is 25.8 Å². The number of nitrogens with zero attached hydrogens (tertiary/aromatic N) is 2. The lowest BCUT2D eigenvalue weighted by Gasteiger charge is -2.15. The van der Waals surface area contributed by atoms with Gasteiger partial charge in [-0.25, -0.2) is 0 Å². The Hall–Kier alpha value is -2.36. The molecule has 0 saturated carbocycles. The molecule has 9 heteroatoms. The summed E-state index contributed by atoms with van der Waals surface area (Å²) in [7, 11) is 0. The molecule has 2 unspecified atom stereocenters. The van der Waals surface area contributed by atoms with E-state index in [1.54, 1.807) is 0 Å². The van der Waals surface area contributed by atoms with Gasteiger partial charge in [-0.05, 0) is 25.7 Å². The molecule has 2 aliphatic rings. The van der Waals surface area contributed by atoms with Crippen molar-refractivity contribution in [2.24, 2.45) is 11.8 Å². The van der Waals surface area contributed by atoms with Crippen molar-refractivity contribution in [3.63, 3.8) is 0 Å². The molecule has 2 heterocycles. The first-order chi connectivity index (χ1) is 30.0. The molecule has 61 heavy (non-hydrogen) atoms. The largest absolute Gasteiger partial charge is 0.314 e. The van der Waals surface area contributed by atoms with E-state index in [1.807, 2.05) is 12.2 Å². The van der Waals surface area contributed by atoms with Gasteiger partial charge in [0.05, 0.1) is 11.8 Å². The summed E-state index contributed by atoms with van der Waals surface area (Å²) in [6.45, 7) is 9.56. The second-order valence-electron chi connectivity index (χ2n) is 18.3. The van der Waals surface area contributed by atoms with Gasteiger partial charge in [-0.3, -0.25) is 29.0 Å². The van der Waals surface area contributed by atoms with Gasteiger partial charge in [0.1, 0.15) is 0 Å². The number of allylic oxidation sites excluding steroid dienone is 2. The topological polar surface area (TPSA) is 111 Å². The quantitative estimate of drug-likeness (QED) is 0.0318. The van der Waals surface area contributed by atoms with Crippen LogP contribution < -0.4 is 16.0 Å². The van der Waals surface area contributed by atoms with Crippen LogP contribution in [0.15, 0.2) is 24.3 Å². The lowest BCUT2D eigenvalue weighted by atomic mass is 10.0. The maximum absolute atomic E-state index is 12.8. The summed E-state index contributed by atoms with van der Waals surface area (Å²) in [4.78, 5) is 53.6. The molecule has 0 bridgehead atoms. The van der Waals surface area contributed by atoms with E-state index in [0.717, 1.165) is 51.9 Å². The highest BCUT2D eigenvalue weighted by atomic mass is 16.2. The zero-order valence-electron chi connectivity index (χ0n) is 39.8. The number of hydrogen-bond donors (Lipinski definition) is 3. The SMILES string of the molecule is CCCCCCCCCCCCCCCC/C=C/C1CC(=O)N(CCNCCNCCNCCN2C(=O)CC(/C=C/CCCCCCCCCCCCCCCC)C2=O)C1=O. The van der Waals surface area contributed by atoms with Crippen LogP contribution in [0.3, 0.4) is 0 Å². The Morgan fingerprint density at radius 1 is 0.393 bits per heavy atom. The molecular formula is C52H95N5O4. The Labute approximate surface area is 375 Å². The predicted molar refractivity (Wildman–Crippen MR) is 256 cm³/mol.